The zero-order chi connectivity index (χ0) is 17.8. The van der Waals surface area contributed by atoms with Gasteiger partial charge in [-0.1, -0.05) is 35.9 Å². The molecule has 4 nitrogen and oxygen atoms in total. The van der Waals surface area contributed by atoms with Crippen LogP contribution in [-0.4, -0.2) is 16.1 Å². The van der Waals surface area contributed by atoms with Crippen LogP contribution < -0.4 is 5.32 Å². The van der Waals surface area contributed by atoms with Gasteiger partial charge in [-0.3, -0.25) is 0 Å². The highest BCUT2D eigenvalue weighted by Gasteiger charge is 2.11. The molecule has 0 saturated carbocycles. The van der Waals surface area contributed by atoms with E-state index in [0.717, 1.165) is 17.2 Å². The van der Waals surface area contributed by atoms with Gasteiger partial charge < -0.3 is 10.4 Å². The van der Waals surface area contributed by atoms with E-state index in [-0.39, 0.29) is 5.56 Å². The second kappa shape index (κ2) is 7.13. The summed E-state index contributed by atoms with van der Waals surface area (Å²) in [5.74, 6) is -1.32. The number of nitrogens with one attached hydrogen (secondary N) is 1. The molecule has 0 aliphatic rings. The smallest absolute Gasteiger partial charge is 0.338 e. The maximum atomic E-state index is 13.5. The Hall–Kier alpha value is -3.21. The summed E-state index contributed by atoms with van der Waals surface area (Å²) in [6.45, 7) is 2.71. The lowest BCUT2D eigenvalue weighted by Crippen LogP contribution is -2.02. The third-order valence-corrected chi connectivity index (χ3v) is 3.85. The molecule has 25 heavy (non-hydrogen) atoms. The molecular formula is C20H17FN2O2. The summed E-state index contributed by atoms with van der Waals surface area (Å²) in [4.78, 5) is 15.4. The predicted octanol–water partition coefficient (Wildman–Crippen LogP) is 4.51. The van der Waals surface area contributed by atoms with Gasteiger partial charge in [-0.25, -0.2) is 14.2 Å². The van der Waals surface area contributed by atoms with Gasteiger partial charge in [0.15, 0.2) is 0 Å². The Morgan fingerprint density at radius 3 is 2.60 bits per heavy atom. The van der Waals surface area contributed by atoms with E-state index in [1.807, 2.05) is 37.3 Å². The molecule has 3 aromatic rings. The summed E-state index contributed by atoms with van der Waals surface area (Å²) in [6, 6.07) is 15.9. The summed E-state index contributed by atoms with van der Waals surface area (Å²) >= 11 is 0. The number of hydrogen-bond donors (Lipinski definition) is 2. The van der Waals surface area contributed by atoms with Gasteiger partial charge in [0, 0.05) is 18.3 Å². The number of benzene rings is 2. The molecule has 5 heteroatoms. The summed E-state index contributed by atoms with van der Waals surface area (Å²) in [5, 5.41) is 12.3. The molecule has 0 fully saturated rings. The van der Waals surface area contributed by atoms with Crippen molar-refractivity contribution in [3.63, 3.8) is 0 Å². The van der Waals surface area contributed by atoms with Crippen LogP contribution >= 0.6 is 0 Å². The predicted molar refractivity (Wildman–Crippen MR) is 95.1 cm³/mol. The summed E-state index contributed by atoms with van der Waals surface area (Å²) in [6.07, 6.45) is 1.64. The Balaban J connectivity index is 1.74. The fourth-order valence-corrected chi connectivity index (χ4v) is 2.55. The summed E-state index contributed by atoms with van der Waals surface area (Å²) < 4.78 is 13.5. The number of halogens is 1. The number of hydrogen-bond acceptors (Lipinski definition) is 3. The van der Waals surface area contributed by atoms with E-state index in [1.54, 1.807) is 12.3 Å². The van der Waals surface area contributed by atoms with E-state index in [9.17, 15) is 9.18 Å². The fourth-order valence-electron chi connectivity index (χ4n) is 2.55. The Bertz CT molecular complexity index is 908. The molecule has 1 aromatic heterocycles. The van der Waals surface area contributed by atoms with Crippen molar-refractivity contribution in [1.82, 2.24) is 4.98 Å². The quantitative estimate of drug-likeness (QED) is 0.720. The molecule has 0 aliphatic carbocycles. The minimum atomic E-state index is -1.29. The Labute approximate surface area is 145 Å². The van der Waals surface area contributed by atoms with E-state index in [2.05, 4.69) is 16.4 Å². The molecule has 0 atom stereocenters. The molecular weight excluding hydrogens is 319 g/mol. The second-order valence-electron chi connectivity index (χ2n) is 5.77. The lowest BCUT2D eigenvalue weighted by molar-refractivity contribution is 0.0692. The lowest BCUT2D eigenvalue weighted by Gasteiger charge is -2.08. The van der Waals surface area contributed by atoms with Crippen LogP contribution in [0.5, 0.6) is 0 Å². The van der Waals surface area contributed by atoms with Crippen LogP contribution in [0.15, 0.2) is 60.8 Å². The number of aromatic nitrogens is 1. The van der Waals surface area contributed by atoms with Crippen molar-refractivity contribution >= 4 is 11.8 Å². The first kappa shape index (κ1) is 16.6. The van der Waals surface area contributed by atoms with Crippen LogP contribution in [0.4, 0.5) is 10.2 Å². The van der Waals surface area contributed by atoms with E-state index in [1.165, 1.54) is 11.6 Å². The van der Waals surface area contributed by atoms with Crippen molar-refractivity contribution in [3.05, 3.63) is 83.3 Å². The summed E-state index contributed by atoms with van der Waals surface area (Å²) in [5.41, 5.74) is 3.35. The molecule has 0 amide bonds. The average Bonchev–Trinajstić information content (AvgIpc) is 2.61. The number of nitrogens with zero attached hydrogens (tertiary/aromatic N) is 1. The van der Waals surface area contributed by atoms with Crippen molar-refractivity contribution in [2.45, 2.75) is 13.5 Å². The Morgan fingerprint density at radius 1 is 1.12 bits per heavy atom. The van der Waals surface area contributed by atoms with Gasteiger partial charge in [-0.05, 0) is 42.3 Å². The molecule has 3 rings (SSSR count). The number of anilines is 1. The molecule has 1 heterocycles. The monoisotopic (exact) mass is 336 g/mol. The van der Waals surface area contributed by atoms with Gasteiger partial charge in [0.25, 0.3) is 0 Å². The Morgan fingerprint density at radius 2 is 1.92 bits per heavy atom. The van der Waals surface area contributed by atoms with Gasteiger partial charge in [-0.15, -0.1) is 0 Å². The summed E-state index contributed by atoms with van der Waals surface area (Å²) in [7, 11) is 0. The molecule has 0 spiro atoms. The molecule has 2 aromatic carbocycles. The van der Waals surface area contributed by atoms with Gasteiger partial charge in [-0.2, -0.15) is 0 Å². The number of carbonyl (C=O) groups is 1. The third-order valence-electron chi connectivity index (χ3n) is 3.85. The van der Waals surface area contributed by atoms with Gasteiger partial charge in [0.1, 0.15) is 11.6 Å². The minimum absolute atomic E-state index is 0.348. The number of carboxylic acids is 1. The number of rotatable bonds is 5. The van der Waals surface area contributed by atoms with E-state index >= 15 is 0 Å². The second-order valence-corrected chi connectivity index (χ2v) is 5.77. The first-order chi connectivity index (χ1) is 12.0. The molecule has 126 valence electrons. The van der Waals surface area contributed by atoms with E-state index in [0.29, 0.717) is 17.9 Å². The van der Waals surface area contributed by atoms with E-state index < -0.39 is 11.8 Å². The fraction of sp³-hybridized carbons (Fsp3) is 0.100. The largest absolute Gasteiger partial charge is 0.478 e. The van der Waals surface area contributed by atoms with Crippen LogP contribution in [0.1, 0.15) is 21.5 Å². The van der Waals surface area contributed by atoms with Gasteiger partial charge in [0.05, 0.1) is 5.56 Å². The first-order valence-electron chi connectivity index (χ1n) is 7.81. The molecule has 0 bridgehead atoms. The van der Waals surface area contributed by atoms with Crippen LogP contribution in [-0.2, 0) is 6.54 Å². The molecule has 0 unspecified atom stereocenters. The van der Waals surface area contributed by atoms with Crippen LogP contribution in [0.3, 0.4) is 0 Å². The molecule has 2 N–H and O–H groups in total. The minimum Gasteiger partial charge on any atom is -0.478 e. The number of pyridine rings is 1. The standard InChI is InChI=1S/C20H17FN2O2/c1-13-3-2-4-14(9-13)11-22-19-8-6-16(12-23-19)15-5-7-18(21)17(10-15)20(24)25/h2-10,12H,11H2,1H3,(H,22,23)(H,24,25). The first-order valence-corrected chi connectivity index (χ1v) is 7.81. The highest BCUT2D eigenvalue weighted by Crippen LogP contribution is 2.22. The van der Waals surface area contributed by atoms with Gasteiger partial charge in [0.2, 0.25) is 0 Å². The molecule has 0 saturated heterocycles. The zero-order valence-electron chi connectivity index (χ0n) is 13.7. The van der Waals surface area contributed by atoms with Gasteiger partial charge >= 0.3 is 5.97 Å². The highest BCUT2D eigenvalue weighted by atomic mass is 19.1. The third kappa shape index (κ3) is 4.01. The normalized spacial score (nSPS) is 10.5. The number of aromatic carboxylic acids is 1. The van der Waals surface area contributed by atoms with Crippen LogP contribution in [0.25, 0.3) is 11.1 Å². The zero-order valence-corrected chi connectivity index (χ0v) is 13.7. The van der Waals surface area contributed by atoms with Crippen LogP contribution in [0, 0.1) is 12.7 Å². The molecule has 0 radical (unpaired) electrons. The topological polar surface area (TPSA) is 62.2 Å². The highest BCUT2D eigenvalue weighted by molar-refractivity contribution is 5.89. The number of aryl methyl sites for hydroxylation is 1. The maximum absolute atomic E-state index is 13.5. The maximum Gasteiger partial charge on any atom is 0.338 e. The van der Waals surface area contributed by atoms with E-state index in [4.69, 9.17) is 5.11 Å². The Kier molecular flexibility index (Phi) is 4.75. The van der Waals surface area contributed by atoms with Crippen LogP contribution in [0.2, 0.25) is 0 Å². The van der Waals surface area contributed by atoms with Crippen molar-refractivity contribution in [2.24, 2.45) is 0 Å². The number of carboxylic acid groups (broad SMARTS) is 1. The van der Waals surface area contributed by atoms with Crippen molar-refractivity contribution in [3.8, 4) is 11.1 Å². The SMILES string of the molecule is Cc1cccc(CNc2ccc(-c3ccc(F)c(C(=O)O)c3)cn2)c1. The lowest BCUT2D eigenvalue weighted by atomic mass is 10.0. The molecule has 0 aliphatic heterocycles. The van der Waals surface area contributed by atoms with Crippen molar-refractivity contribution < 1.29 is 14.3 Å². The van der Waals surface area contributed by atoms with Crippen molar-refractivity contribution in [1.29, 1.82) is 0 Å². The average molecular weight is 336 g/mol. The van der Waals surface area contributed by atoms with Crippen molar-refractivity contribution in [2.75, 3.05) is 5.32 Å².